The minimum Gasteiger partial charge on any atom is -0.335 e. The fraction of sp³-hybridized carbons (Fsp3) is 0.167. The van der Waals surface area contributed by atoms with Crippen molar-refractivity contribution in [3.63, 3.8) is 0 Å². The molecule has 0 saturated carbocycles. The Balaban J connectivity index is 1.67. The number of benzene rings is 2. The lowest BCUT2D eigenvalue weighted by molar-refractivity contribution is -0.000954. The van der Waals surface area contributed by atoms with Crippen molar-refractivity contribution in [3.8, 4) is 0 Å². The van der Waals surface area contributed by atoms with Gasteiger partial charge in [0.15, 0.2) is 0 Å². The van der Waals surface area contributed by atoms with Gasteiger partial charge in [0.1, 0.15) is 0 Å². The predicted octanol–water partition coefficient (Wildman–Crippen LogP) is 5.31. The van der Waals surface area contributed by atoms with Gasteiger partial charge in [-0.15, -0.1) is 0 Å². The molecule has 0 fully saturated rings. The Morgan fingerprint density at radius 3 is 2.48 bits per heavy atom. The van der Waals surface area contributed by atoms with Gasteiger partial charge in [0.05, 0.1) is 19.0 Å². The third-order valence-electron chi connectivity index (χ3n) is 3.69. The number of hydrogen-bond acceptors (Lipinski definition) is 3. The monoisotopic (exact) mass is 395 g/mol. The molecule has 7 heteroatoms. The average molecular weight is 397 g/mol. The van der Waals surface area contributed by atoms with E-state index >= 15 is 0 Å². The van der Waals surface area contributed by atoms with Crippen molar-refractivity contribution in [1.29, 1.82) is 0 Å². The van der Waals surface area contributed by atoms with Crippen molar-refractivity contribution in [2.75, 3.05) is 0 Å². The molecule has 1 heterocycles. The largest absolute Gasteiger partial charge is 0.335 e. The molecular weight excluding hydrogens is 381 g/mol. The maximum absolute atomic E-state index is 6.18. The molecular formula is C18H16Cl3N3O. The highest BCUT2D eigenvalue weighted by molar-refractivity contribution is 6.35. The molecule has 1 N–H and O–H groups in total. The molecule has 4 nitrogen and oxygen atoms in total. The molecule has 2 aromatic carbocycles. The van der Waals surface area contributed by atoms with Gasteiger partial charge in [-0.25, -0.2) is 4.98 Å². The van der Waals surface area contributed by atoms with Crippen LogP contribution in [0.5, 0.6) is 0 Å². The number of halogens is 3. The molecule has 0 amide bonds. The molecule has 0 aliphatic heterocycles. The standard InChI is InChI=1S/C18H16Cl3N3O/c19-15-4-1-13(2-5-15)18(10-24-8-7-22-12-24)23-25-11-14-3-6-16(20)9-17(14)21/h1-9,12,18,23H,10-11H2. The number of nitrogens with zero attached hydrogens (tertiary/aromatic N) is 2. The second kappa shape index (κ2) is 8.70. The van der Waals surface area contributed by atoms with E-state index in [1.807, 2.05) is 41.1 Å². The third-order valence-corrected chi connectivity index (χ3v) is 4.53. The molecule has 0 radical (unpaired) electrons. The van der Waals surface area contributed by atoms with Gasteiger partial charge in [0.25, 0.3) is 0 Å². The van der Waals surface area contributed by atoms with E-state index < -0.39 is 0 Å². The zero-order valence-corrected chi connectivity index (χ0v) is 15.5. The van der Waals surface area contributed by atoms with Crippen molar-refractivity contribution in [3.05, 3.63) is 87.4 Å². The summed E-state index contributed by atoms with van der Waals surface area (Å²) < 4.78 is 1.98. The summed E-state index contributed by atoms with van der Waals surface area (Å²) in [6.07, 6.45) is 5.41. The van der Waals surface area contributed by atoms with Gasteiger partial charge in [0, 0.05) is 34.0 Å². The van der Waals surface area contributed by atoms with Crippen LogP contribution in [0.4, 0.5) is 0 Å². The van der Waals surface area contributed by atoms with Gasteiger partial charge in [-0.05, 0) is 35.4 Å². The molecule has 3 aromatic rings. The Morgan fingerprint density at radius 1 is 1.04 bits per heavy atom. The molecule has 25 heavy (non-hydrogen) atoms. The molecule has 0 spiro atoms. The minimum atomic E-state index is -0.0717. The molecule has 0 bridgehead atoms. The minimum absolute atomic E-state index is 0.0717. The summed E-state index contributed by atoms with van der Waals surface area (Å²) in [6.45, 7) is 0.986. The van der Waals surface area contributed by atoms with Crippen molar-refractivity contribution in [1.82, 2.24) is 15.0 Å². The van der Waals surface area contributed by atoms with E-state index in [1.165, 1.54) is 0 Å². The smallest absolute Gasteiger partial charge is 0.0947 e. The molecule has 3 rings (SSSR count). The maximum Gasteiger partial charge on any atom is 0.0947 e. The maximum atomic E-state index is 6.18. The first-order chi connectivity index (χ1) is 12.1. The number of aromatic nitrogens is 2. The zero-order valence-electron chi connectivity index (χ0n) is 13.2. The average Bonchev–Trinajstić information content (AvgIpc) is 3.10. The van der Waals surface area contributed by atoms with Gasteiger partial charge >= 0.3 is 0 Å². The van der Waals surface area contributed by atoms with Crippen LogP contribution in [0, 0.1) is 0 Å². The lowest BCUT2D eigenvalue weighted by Crippen LogP contribution is -2.25. The van der Waals surface area contributed by atoms with Crippen LogP contribution in [-0.4, -0.2) is 9.55 Å². The number of hydrogen-bond donors (Lipinski definition) is 1. The predicted molar refractivity (Wildman–Crippen MR) is 101 cm³/mol. The summed E-state index contributed by atoms with van der Waals surface area (Å²) in [6, 6.07) is 12.9. The molecule has 1 unspecified atom stereocenters. The lowest BCUT2D eigenvalue weighted by atomic mass is 10.1. The Labute approximate surface area is 161 Å². The van der Waals surface area contributed by atoms with E-state index in [4.69, 9.17) is 39.6 Å². The van der Waals surface area contributed by atoms with Crippen LogP contribution < -0.4 is 5.48 Å². The Hall–Kier alpha value is -1.56. The van der Waals surface area contributed by atoms with Crippen LogP contribution in [0.15, 0.2) is 61.2 Å². The highest BCUT2D eigenvalue weighted by atomic mass is 35.5. The summed E-state index contributed by atoms with van der Waals surface area (Å²) in [4.78, 5) is 9.77. The topological polar surface area (TPSA) is 39.1 Å². The van der Waals surface area contributed by atoms with Crippen molar-refractivity contribution >= 4 is 34.8 Å². The van der Waals surface area contributed by atoms with Crippen LogP contribution in [-0.2, 0) is 18.0 Å². The quantitative estimate of drug-likeness (QED) is 0.550. The molecule has 0 saturated heterocycles. The summed E-state index contributed by atoms with van der Waals surface area (Å²) in [5.41, 5.74) is 5.01. The first kappa shape index (κ1) is 18.2. The summed E-state index contributed by atoms with van der Waals surface area (Å²) in [5.74, 6) is 0. The second-order valence-electron chi connectivity index (χ2n) is 5.51. The van der Waals surface area contributed by atoms with E-state index in [9.17, 15) is 0 Å². The van der Waals surface area contributed by atoms with E-state index in [2.05, 4.69) is 10.5 Å². The normalized spacial score (nSPS) is 12.3. The Morgan fingerprint density at radius 2 is 1.80 bits per heavy atom. The number of hydroxylamine groups is 1. The molecule has 0 aliphatic carbocycles. The fourth-order valence-electron chi connectivity index (χ4n) is 2.37. The van der Waals surface area contributed by atoms with E-state index in [-0.39, 0.29) is 6.04 Å². The Bertz CT molecular complexity index is 807. The van der Waals surface area contributed by atoms with Crippen molar-refractivity contribution < 1.29 is 4.84 Å². The van der Waals surface area contributed by atoms with Gasteiger partial charge in [-0.3, -0.25) is 4.84 Å². The Kier molecular flexibility index (Phi) is 6.34. The van der Waals surface area contributed by atoms with Crippen LogP contribution in [0.25, 0.3) is 0 Å². The SMILES string of the molecule is Clc1ccc(C(Cn2ccnc2)NOCc2ccc(Cl)cc2Cl)cc1. The van der Waals surface area contributed by atoms with Crippen molar-refractivity contribution in [2.24, 2.45) is 0 Å². The lowest BCUT2D eigenvalue weighted by Gasteiger charge is -2.20. The second-order valence-corrected chi connectivity index (χ2v) is 6.79. The van der Waals surface area contributed by atoms with E-state index in [0.29, 0.717) is 28.2 Å². The first-order valence-corrected chi connectivity index (χ1v) is 8.77. The fourth-order valence-corrected chi connectivity index (χ4v) is 2.96. The van der Waals surface area contributed by atoms with Crippen LogP contribution in [0.3, 0.4) is 0 Å². The summed E-state index contributed by atoms with van der Waals surface area (Å²) >= 11 is 18.1. The van der Waals surface area contributed by atoms with Gasteiger partial charge < -0.3 is 4.57 Å². The molecule has 1 atom stereocenters. The number of imidazole rings is 1. The van der Waals surface area contributed by atoms with Crippen LogP contribution in [0.1, 0.15) is 17.2 Å². The van der Waals surface area contributed by atoms with Crippen LogP contribution >= 0.6 is 34.8 Å². The first-order valence-electron chi connectivity index (χ1n) is 7.64. The number of nitrogens with one attached hydrogen (secondary N) is 1. The van der Waals surface area contributed by atoms with Gasteiger partial charge in [-0.2, -0.15) is 5.48 Å². The number of rotatable bonds is 7. The van der Waals surface area contributed by atoms with E-state index in [0.717, 1.165) is 11.1 Å². The summed E-state index contributed by atoms with van der Waals surface area (Å²) in [7, 11) is 0. The third kappa shape index (κ3) is 5.21. The van der Waals surface area contributed by atoms with E-state index in [1.54, 1.807) is 24.7 Å². The highest BCUT2D eigenvalue weighted by Crippen LogP contribution is 2.22. The molecule has 130 valence electrons. The molecule has 0 aliphatic rings. The van der Waals surface area contributed by atoms with Crippen molar-refractivity contribution in [2.45, 2.75) is 19.2 Å². The molecule has 1 aromatic heterocycles. The van der Waals surface area contributed by atoms with Gasteiger partial charge in [-0.1, -0.05) is 53.0 Å². The van der Waals surface area contributed by atoms with Crippen LogP contribution in [0.2, 0.25) is 15.1 Å². The highest BCUT2D eigenvalue weighted by Gasteiger charge is 2.13. The zero-order chi connectivity index (χ0) is 17.6. The summed E-state index contributed by atoms with van der Waals surface area (Å²) in [5, 5.41) is 1.87. The van der Waals surface area contributed by atoms with Gasteiger partial charge in [0.2, 0.25) is 0 Å².